The largest absolute Gasteiger partial charge is 0.399 e. The molecular weight excluding hydrogens is 186 g/mol. The monoisotopic (exact) mass is 199 g/mol. The molecule has 1 aromatic heterocycles. The van der Waals surface area contributed by atoms with Gasteiger partial charge in [-0.1, -0.05) is 6.07 Å². The van der Waals surface area contributed by atoms with Crippen molar-refractivity contribution in [2.75, 3.05) is 17.7 Å². The second-order valence-corrected chi connectivity index (χ2v) is 3.37. The lowest BCUT2D eigenvalue weighted by molar-refractivity contribution is 1.18. The van der Waals surface area contributed by atoms with Crippen LogP contribution >= 0.6 is 0 Å². The van der Waals surface area contributed by atoms with Crippen molar-refractivity contribution < 1.29 is 0 Å². The van der Waals surface area contributed by atoms with Gasteiger partial charge in [-0.3, -0.25) is 4.98 Å². The number of hydrogen-bond acceptors (Lipinski definition) is 3. The Hall–Kier alpha value is -2.03. The van der Waals surface area contributed by atoms with Crippen LogP contribution in [0, 0.1) is 0 Å². The number of hydrogen-bond donors (Lipinski definition) is 1. The molecule has 0 aliphatic carbocycles. The molecule has 3 heteroatoms. The molecule has 0 amide bonds. The zero-order chi connectivity index (χ0) is 10.7. The van der Waals surface area contributed by atoms with Gasteiger partial charge in [0.2, 0.25) is 0 Å². The van der Waals surface area contributed by atoms with Gasteiger partial charge in [0.05, 0.1) is 11.9 Å². The van der Waals surface area contributed by atoms with Crippen molar-refractivity contribution in [1.82, 2.24) is 4.98 Å². The summed E-state index contributed by atoms with van der Waals surface area (Å²) < 4.78 is 0. The molecule has 0 aliphatic rings. The summed E-state index contributed by atoms with van der Waals surface area (Å²) in [6.07, 6.45) is 3.58. The Bertz CT molecular complexity index is 440. The molecule has 0 fully saturated rings. The summed E-state index contributed by atoms with van der Waals surface area (Å²) in [6.45, 7) is 0. The fourth-order valence-electron chi connectivity index (χ4n) is 1.43. The Kier molecular flexibility index (Phi) is 2.54. The molecule has 76 valence electrons. The molecule has 3 nitrogen and oxygen atoms in total. The topological polar surface area (TPSA) is 42.2 Å². The number of pyridine rings is 1. The average Bonchev–Trinajstić information content (AvgIpc) is 2.29. The Balaban J connectivity index is 2.32. The van der Waals surface area contributed by atoms with Gasteiger partial charge in [0.1, 0.15) is 0 Å². The average molecular weight is 199 g/mol. The summed E-state index contributed by atoms with van der Waals surface area (Å²) >= 11 is 0. The van der Waals surface area contributed by atoms with Crippen molar-refractivity contribution in [3.8, 4) is 0 Å². The van der Waals surface area contributed by atoms with Crippen molar-refractivity contribution in [3.05, 3.63) is 48.8 Å². The van der Waals surface area contributed by atoms with E-state index in [4.69, 9.17) is 5.73 Å². The summed E-state index contributed by atoms with van der Waals surface area (Å²) in [4.78, 5) is 6.13. The molecule has 0 aliphatic heterocycles. The number of nitrogens with two attached hydrogens (primary N) is 1. The first-order chi connectivity index (χ1) is 7.27. The third-order valence-corrected chi connectivity index (χ3v) is 2.29. The summed E-state index contributed by atoms with van der Waals surface area (Å²) in [6, 6.07) is 11.7. The highest BCUT2D eigenvalue weighted by atomic mass is 15.1. The highest BCUT2D eigenvalue weighted by Gasteiger charge is 2.02. The van der Waals surface area contributed by atoms with E-state index >= 15 is 0 Å². The van der Waals surface area contributed by atoms with Gasteiger partial charge >= 0.3 is 0 Å². The van der Waals surface area contributed by atoms with Crippen LogP contribution in [-0.4, -0.2) is 12.0 Å². The number of aromatic nitrogens is 1. The van der Waals surface area contributed by atoms with Gasteiger partial charge in [-0.25, -0.2) is 0 Å². The van der Waals surface area contributed by atoms with Gasteiger partial charge in [-0.15, -0.1) is 0 Å². The predicted molar refractivity (Wildman–Crippen MR) is 63.2 cm³/mol. The first-order valence-electron chi connectivity index (χ1n) is 4.76. The third kappa shape index (κ3) is 2.07. The van der Waals surface area contributed by atoms with Crippen LogP contribution in [-0.2, 0) is 0 Å². The molecule has 2 aromatic rings. The molecule has 0 saturated heterocycles. The van der Waals surface area contributed by atoms with E-state index in [0.29, 0.717) is 0 Å². The number of nitrogen functional groups attached to an aromatic ring is 1. The normalized spacial score (nSPS) is 9.93. The molecule has 0 radical (unpaired) electrons. The van der Waals surface area contributed by atoms with Crippen molar-refractivity contribution >= 4 is 17.1 Å². The summed E-state index contributed by atoms with van der Waals surface area (Å²) in [5, 5.41) is 0. The second-order valence-electron chi connectivity index (χ2n) is 3.37. The highest BCUT2D eigenvalue weighted by Crippen LogP contribution is 2.23. The van der Waals surface area contributed by atoms with E-state index in [-0.39, 0.29) is 0 Å². The lowest BCUT2D eigenvalue weighted by atomic mass is 10.2. The minimum absolute atomic E-state index is 0.767. The second kappa shape index (κ2) is 4.00. The summed E-state index contributed by atoms with van der Waals surface area (Å²) in [5.74, 6) is 0. The van der Waals surface area contributed by atoms with Crippen molar-refractivity contribution in [2.45, 2.75) is 0 Å². The third-order valence-electron chi connectivity index (χ3n) is 2.29. The van der Waals surface area contributed by atoms with E-state index in [1.165, 1.54) is 0 Å². The van der Waals surface area contributed by atoms with E-state index in [2.05, 4.69) is 4.98 Å². The van der Waals surface area contributed by atoms with Gasteiger partial charge in [0, 0.05) is 24.6 Å². The van der Waals surface area contributed by atoms with Crippen molar-refractivity contribution in [3.63, 3.8) is 0 Å². The van der Waals surface area contributed by atoms with Gasteiger partial charge in [-0.2, -0.15) is 0 Å². The smallest absolute Gasteiger partial charge is 0.0594 e. The highest BCUT2D eigenvalue weighted by molar-refractivity contribution is 5.64. The Labute approximate surface area is 89.2 Å². The standard InChI is InChI=1S/C12H13N3/c1-15(12-6-3-7-14-9-12)11-5-2-4-10(13)8-11/h2-9H,13H2,1H3. The van der Waals surface area contributed by atoms with Crippen LogP contribution < -0.4 is 10.6 Å². The lowest BCUT2D eigenvalue weighted by Gasteiger charge is -2.19. The molecule has 0 spiro atoms. The molecule has 0 unspecified atom stereocenters. The summed E-state index contributed by atoms with van der Waals surface area (Å²) in [7, 11) is 1.99. The van der Waals surface area contributed by atoms with E-state index in [1.807, 2.05) is 54.5 Å². The molecule has 0 bridgehead atoms. The predicted octanol–water partition coefficient (Wildman–Crippen LogP) is 2.43. The molecule has 0 saturated carbocycles. The van der Waals surface area contributed by atoms with E-state index < -0.39 is 0 Å². The number of nitrogens with zero attached hydrogens (tertiary/aromatic N) is 2. The summed E-state index contributed by atoms with van der Waals surface area (Å²) in [5.41, 5.74) is 8.60. The molecule has 2 rings (SSSR count). The van der Waals surface area contributed by atoms with E-state index in [0.717, 1.165) is 17.1 Å². The maximum atomic E-state index is 5.73. The van der Waals surface area contributed by atoms with E-state index in [1.54, 1.807) is 6.20 Å². The first-order valence-corrected chi connectivity index (χ1v) is 4.76. The zero-order valence-corrected chi connectivity index (χ0v) is 8.59. The Morgan fingerprint density at radius 3 is 2.60 bits per heavy atom. The van der Waals surface area contributed by atoms with Crippen LogP contribution in [0.5, 0.6) is 0 Å². The van der Waals surface area contributed by atoms with Gasteiger partial charge < -0.3 is 10.6 Å². The van der Waals surface area contributed by atoms with Crippen molar-refractivity contribution in [2.24, 2.45) is 0 Å². The zero-order valence-electron chi connectivity index (χ0n) is 8.59. The van der Waals surface area contributed by atoms with Crippen LogP contribution in [0.4, 0.5) is 17.1 Å². The quantitative estimate of drug-likeness (QED) is 0.755. The number of benzene rings is 1. The molecule has 2 N–H and O–H groups in total. The van der Waals surface area contributed by atoms with Crippen LogP contribution in [0.1, 0.15) is 0 Å². The number of anilines is 3. The molecular formula is C12H13N3. The number of rotatable bonds is 2. The minimum atomic E-state index is 0.767. The van der Waals surface area contributed by atoms with Crippen LogP contribution in [0.25, 0.3) is 0 Å². The fourth-order valence-corrected chi connectivity index (χ4v) is 1.43. The molecule has 0 atom stereocenters. The SMILES string of the molecule is CN(c1cccnc1)c1cccc(N)c1. The minimum Gasteiger partial charge on any atom is -0.399 e. The molecule has 1 heterocycles. The van der Waals surface area contributed by atoms with Crippen molar-refractivity contribution in [1.29, 1.82) is 0 Å². The Morgan fingerprint density at radius 2 is 1.93 bits per heavy atom. The molecule has 15 heavy (non-hydrogen) atoms. The van der Waals surface area contributed by atoms with Gasteiger partial charge in [-0.05, 0) is 30.3 Å². The van der Waals surface area contributed by atoms with Crippen LogP contribution in [0.3, 0.4) is 0 Å². The lowest BCUT2D eigenvalue weighted by Crippen LogP contribution is -2.09. The van der Waals surface area contributed by atoms with Crippen LogP contribution in [0.15, 0.2) is 48.8 Å². The molecule has 1 aromatic carbocycles. The van der Waals surface area contributed by atoms with Gasteiger partial charge in [0.25, 0.3) is 0 Å². The fraction of sp³-hybridized carbons (Fsp3) is 0.0833. The Morgan fingerprint density at radius 1 is 1.13 bits per heavy atom. The van der Waals surface area contributed by atoms with Gasteiger partial charge in [0.15, 0.2) is 0 Å². The van der Waals surface area contributed by atoms with E-state index in [9.17, 15) is 0 Å². The maximum Gasteiger partial charge on any atom is 0.0594 e. The first kappa shape index (κ1) is 9.52. The maximum absolute atomic E-state index is 5.73. The van der Waals surface area contributed by atoms with Crippen LogP contribution in [0.2, 0.25) is 0 Å².